The van der Waals surface area contributed by atoms with Crippen molar-refractivity contribution in [2.24, 2.45) is 0 Å². The molecule has 0 aliphatic rings. The Labute approximate surface area is 175 Å². The van der Waals surface area contributed by atoms with Gasteiger partial charge in [0.05, 0.1) is 24.6 Å². The molecule has 1 aromatic carbocycles. The average Bonchev–Trinajstić information content (AvgIpc) is 2.99. The van der Waals surface area contributed by atoms with E-state index in [1.165, 1.54) is 0 Å². The maximum Gasteiger partial charge on any atom is 0.259 e. The quantitative estimate of drug-likeness (QED) is 0.492. The van der Waals surface area contributed by atoms with E-state index in [2.05, 4.69) is 29.1 Å². The highest BCUT2D eigenvalue weighted by Crippen LogP contribution is 2.32. The van der Waals surface area contributed by atoms with E-state index >= 15 is 0 Å². The number of thiophene rings is 1. The number of nitrogens with zero attached hydrogens (tertiary/aromatic N) is 1. The van der Waals surface area contributed by atoms with Gasteiger partial charge in [-0.3, -0.25) is 4.79 Å². The molecule has 156 valence electrons. The largest absolute Gasteiger partial charge is 0.490 e. The highest BCUT2D eigenvalue weighted by atomic mass is 32.1. The number of nitrogens with one attached hydrogen (secondary N) is 2. The average molecular weight is 416 g/mol. The Balaban J connectivity index is 1.85. The summed E-state index contributed by atoms with van der Waals surface area (Å²) in [4.78, 5) is 22.1. The van der Waals surface area contributed by atoms with Gasteiger partial charge in [-0.1, -0.05) is 13.8 Å². The highest BCUT2D eigenvalue weighted by molar-refractivity contribution is 7.18. The fourth-order valence-corrected chi connectivity index (χ4v) is 4.09. The van der Waals surface area contributed by atoms with Gasteiger partial charge >= 0.3 is 0 Å². The van der Waals surface area contributed by atoms with Crippen molar-refractivity contribution in [3.63, 3.8) is 0 Å². The third kappa shape index (κ3) is 4.72. The van der Waals surface area contributed by atoms with Gasteiger partial charge in [0.25, 0.3) is 5.56 Å². The summed E-state index contributed by atoms with van der Waals surface area (Å²) < 4.78 is 11.7. The van der Waals surface area contributed by atoms with Crippen LogP contribution in [0, 0.1) is 13.8 Å². The lowest BCUT2D eigenvalue weighted by Crippen LogP contribution is -2.17. The van der Waals surface area contributed by atoms with Crippen molar-refractivity contribution < 1.29 is 9.47 Å². The minimum atomic E-state index is -0.170. The molecule has 0 saturated carbocycles. The van der Waals surface area contributed by atoms with Crippen molar-refractivity contribution in [1.29, 1.82) is 0 Å². The summed E-state index contributed by atoms with van der Waals surface area (Å²) in [6.07, 6.45) is 1.86. The topological polar surface area (TPSA) is 76.2 Å². The van der Waals surface area contributed by atoms with Gasteiger partial charge in [0.1, 0.15) is 10.7 Å². The normalized spacial score (nSPS) is 12.2. The van der Waals surface area contributed by atoms with E-state index in [1.54, 1.807) is 11.3 Å². The van der Waals surface area contributed by atoms with Gasteiger partial charge in [-0.2, -0.15) is 0 Å². The number of fused-ring (bicyclic) bond motifs is 1. The number of aryl methyl sites for hydroxylation is 2. The second kappa shape index (κ2) is 9.31. The van der Waals surface area contributed by atoms with Crippen molar-refractivity contribution in [3.8, 4) is 11.5 Å². The zero-order chi connectivity index (χ0) is 21.0. The molecule has 2 heterocycles. The minimum Gasteiger partial charge on any atom is -0.490 e. The summed E-state index contributed by atoms with van der Waals surface area (Å²) in [7, 11) is 0. The molecule has 0 spiro atoms. The van der Waals surface area contributed by atoms with Gasteiger partial charge in [-0.15, -0.1) is 11.3 Å². The Bertz CT molecular complexity index is 1040. The van der Waals surface area contributed by atoms with Crippen molar-refractivity contribution in [1.82, 2.24) is 9.97 Å². The van der Waals surface area contributed by atoms with Gasteiger partial charge in [-0.25, -0.2) is 4.98 Å². The molecule has 0 amide bonds. The van der Waals surface area contributed by atoms with E-state index in [9.17, 15) is 4.79 Å². The summed E-state index contributed by atoms with van der Waals surface area (Å²) in [5.41, 5.74) is 1.80. The summed E-state index contributed by atoms with van der Waals surface area (Å²) in [5, 5.41) is 4.10. The molecule has 3 aromatic rings. The second-order valence-electron chi connectivity index (χ2n) is 7.14. The van der Waals surface area contributed by atoms with Gasteiger partial charge < -0.3 is 19.8 Å². The van der Waals surface area contributed by atoms with Crippen LogP contribution in [-0.4, -0.2) is 23.2 Å². The van der Waals surface area contributed by atoms with Crippen molar-refractivity contribution in [2.45, 2.75) is 53.5 Å². The fraction of sp³-hybridized carbons (Fsp3) is 0.455. The van der Waals surface area contributed by atoms with Gasteiger partial charge in [0.15, 0.2) is 11.5 Å². The number of anilines is 1. The molecule has 29 heavy (non-hydrogen) atoms. The third-order valence-electron chi connectivity index (χ3n) is 4.72. The Hall–Kier alpha value is -2.54. The van der Waals surface area contributed by atoms with E-state index in [0.29, 0.717) is 24.4 Å². The van der Waals surface area contributed by atoms with Gasteiger partial charge in [0.2, 0.25) is 0 Å². The van der Waals surface area contributed by atoms with E-state index in [-0.39, 0.29) is 11.6 Å². The Morgan fingerprint density at radius 2 is 1.83 bits per heavy atom. The van der Waals surface area contributed by atoms with Gasteiger partial charge in [-0.05, 0) is 51.3 Å². The van der Waals surface area contributed by atoms with Crippen LogP contribution in [-0.2, 0) is 0 Å². The standard InChI is InChI=1S/C22H29N3O3S/c1-6-10-27-17-9-8-16(12-18(17)28-11-7-2)23-14(4)20-24-21(26)19-13(3)15(5)29-22(19)25-20/h8-9,12,14,23H,6-7,10-11H2,1-5H3,(H,24,25,26). The van der Waals surface area contributed by atoms with E-state index in [4.69, 9.17) is 9.47 Å². The number of hydrogen-bond donors (Lipinski definition) is 2. The lowest BCUT2D eigenvalue weighted by atomic mass is 10.2. The zero-order valence-electron chi connectivity index (χ0n) is 17.7. The van der Waals surface area contributed by atoms with Crippen LogP contribution in [0.5, 0.6) is 11.5 Å². The predicted molar refractivity (Wildman–Crippen MR) is 120 cm³/mol. The first-order valence-electron chi connectivity index (χ1n) is 10.1. The first kappa shape index (κ1) is 21.2. The molecule has 0 radical (unpaired) electrons. The number of ether oxygens (including phenoxy) is 2. The predicted octanol–water partition coefficient (Wildman–Crippen LogP) is 5.35. The van der Waals surface area contributed by atoms with Gasteiger partial charge in [0, 0.05) is 16.6 Å². The molecule has 7 heteroatoms. The van der Waals surface area contributed by atoms with Crippen LogP contribution >= 0.6 is 11.3 Å². The first-order valence-corrected chi connectivity index (χ1v) is 10.9. The number of aromatic nitrogens is 2. The molecule has 3 rings (SSSR count). The van der Waals surface area contributed by atoms with E-state index < -0.39 is 0 Å². The molecule has 2 N–H and O–H groups in total. The number of aromatic amines is 1. The Morgan fingerprint density at radius 3 is 2.52 bits per heavy atom. The van der Waals surface area contributed by atoms with Crippen molar-refractivity contribution in [2.75, 3.05) is 18.5 Å². The lowest BCUT2D eigenvalue weighted by molar-refractivity contribution is 0.268. The Kier molecular flexibility index (Phi) is 6.79. The zero-order valence-corrected chi connectivity index (χ0v) is 18.5. The van der Waals surface area contributed by atoms with Crippen LogP contribution in [0.15, 0.2) is 23.0 Å². The summed E-state index contributed by atoms with van der Waals surface area (Å²) in [6, 6.07) is 5.64. The maximum atomic E-state index is 12.6. The molecule has 0 saturated heterocycles. The molecular formula is C22H29N3O3S. The molecule has 2 aromatic heterocycles. The lowest BCUT2D eigenvalue weighted by Gasteiger charge is -2.17. The second-order valence-corrected chi connectivity index (χ2v) is 8.34. The molecule has 6 nitrogen and oxygen atoms in total. The molecule has 0 bridgehead atoms. The van der Waals surface area contributed by atoms with Crippen LogP contribution in [0.2, 0.25) is 0 Å². The summed E-state index contributed by atoms with van der Waals surface area (Å²) >= 11 is 1.56. The Morgan fingerprint density at radius 1 is 1.14 bits per heavy atom. The van der Waals surface area contributed by atoms with Crippen LogP contribution in [0.3, 0.4) is 0 Å². The summed E-state index contributed by atoms with van der Waals surface area (Å²) in [5.74, 6) is 2.08. The summed E-state index contributed by atoms with van der Waals surface area (Å²) in [6.45, 7) is 11.4. The molecule has 1 unspecified atom stereocenters. The van der Waals surface area contributed by atoms with Crippen molar-refractivity contribution in [3.05, 3.63) is 44.8 Å². The smallest absolute Gasteiger partial charge is 0.259 e. The van der Waals surface area contributed by atoms with Crippen LogP contribution in [0.25, 0.3) is 10.2 Å². The fourth-order valence-electron chi connectivity index (χ4n) is 3.05. The third-order valence-corrected chi connectivity index (χ3v) is 5.82. The molecule has 0 aliphatic heterocycles. The number of H-pyrrole nitrogens is 1. The highest BCUT2D eigenvalue weighted by Gasteiger charge is 2.16. The first-order chi connectivity index (χ1) is 13.9. The van der Waals surface area contributed by atoms with E-state index in [0.717, 1.165) is 45.3 Å². The molecule has 1 atom stereocenters. The maximum absolute atomic E-state index is 12.6. The van der Waals surface area contributed by atoms with Crippen LogP contribution in [0.4, 0.5) is 5.69 Å². The SMILES string of the molecule is CCCOc1ccc(NC(C)c2nc3sc(C)c(C)c3c(=O)[nH]2)cc1OCCC. The molecular weight excluding hydrogens is 386 g/mol. The number of hydrogen-bond acceptors (Lipinski definition) is 6. The number of benzene rings is 1. The van der Waals surface area contributed by atoms with Crippen LogP contribution < -0.4 is 20.3 Å². The minimum absolute atomic E-state index is 0.0872. The van der Waals surface area contributed by atoms with E-state index in [1.807, 2.05) is 39.0 Å². The monoisotopic (exact) mass is 415 g/mol. The number of rotatable bonds is 9. The van der Waals surface area contributed by atoms with Crippen LogP contribution in [0.1, 0.15) is 55.9 Å². The molecule has 0 fully saturated rings. The molecule has 0 aliphatic carbocycles. The van der Waals surface area contributed by atoms with Crippen molar-refractivity contribution >= 4 is 27.2 Å².